The van der Waals surface area contributed by atoms with Crippen molar-refractivity contribution in [3.8, 4) is 5.75 Å². The molecule has 2 rings (SSSR count). The molecule has 0 spiro atoms. The van der Waals surface area contributed by atoms with E-state index in [1.165, 1.54) is 6.07 Å². The van der Waals surface area contributed by atoms with Crippen molar-refractivity contribution in [2.24, 2.45) is 0 Å². The average molecular weight is 423 g/mol. The van der Waals surface area contributed by atoms with Crippen LogP contribution in [-0.4, -0.2) is 25.0 Å². The fraction of sp³-hybridized carbons (Fsp3) is 0.263. The highest BCUT2D eigenvalue weighted by atomic mass is 79.9. The molecule has 0 radical (unpaired) electrons. The maximum Gasteiger partial charge on any atom is 0.257 e. The minimum absolute atomic E-state index is 0.0572. The number of nitrogens with one attached hydrogen (secondary N) is 2. The largest absolute Gasteiger partial charge is 0.484 e. The summed E-state index contributed by atoms with van der Waals surface area (Å²) >= 11 is 3.20. The summed E-state index contributed by atoms with van der Waals surface area (Å²) in [5.74, 6) is -0.194. The highest BCUT2D eigenvalue weighted by Crippen LogP contribution is 2.18. The van der Waals surface area contributed by atoms with E-state index in [-0.39, 0.29) is 30.7 Å². The number of benzene rings is 2. The fourth-order valence-corrected chi connectivity index (χ4v) is 2.56. The topological polar surface area (TPSA) is 67.4 Å². The van der Waals surface area contributed by atoms with Gasteiger partial charge in [0.05, 0.1) is 0 Å². The van der Waals surface area contributed by atoms with Crippen molar-refractivity contribution in [1.29, 1.82) is 0 Å². The molecule has 0 heterocycles. The van der Waals surface area contributed by atoms with Crippen LogP contribution in [0, 0.1) is 5.82 Å². The zero-order chi connectivity index (χ0) is 18.9. The van der Waals surface area contributed by atoms with E-state index in [0.717, 1.165) is 0 Å². The van der Waals surface area contributed by atoms with Crippen molar-refractivity contribution in [3.05, 3.63) is 58.3 Å². The van der Waals surface area contributed by atoms with Crippen LogP contribution in [0.3, 0.4) is 0 Å². The summed E-state index contributed by atoms with van der Waals surface area (Å²) in [5.41, 5.74) is 1.11. The predicted molar refractivity (Wildman–Crippen MR) is 102 cm³/mol. The molecule has 0 aliphatic rings. The maximum atomic E-state index is 13.7. The Morgan fingerprint density at radius 3 is 2.50 bits per heavy atom. The molecule has 26 heavy (non-hydrogen) atoms. The van der Waals surface area contributed by atoms with Gasteiger partial charge in [-0.3, -0.25) is 9.59 Å². The van der Waals surface area contributed by atoms with Gasteiger partial charge in [0, 0.05) is 23.1 Å². The molecule has 0 bridgehead atoms. The summed E-state index contributed by atoms with van der Waals surface area (Å²) in [6.07, 6.45) is 0.493. The smallest absolute Gasteiger partial charge is 0.257 e. The Morgan fingerprint density at radius 2 is 1.85 bits per heavy atom. The molecule has 0 aromatic heterocycles. The quantitative estimate of drug-likeness (QED) is 0.681. The number of rotatable bonds is 8. The second kappa shape index (κ2) is 9.91. The van der Waals surface area contributed by atoms with Crippen molar-refractivity contribution >= 4 is 33.4 Å². The van der Waals surface area contributed by atoms with Crippen molar-refractivity contribution in [2.75, 3.05) is 18.5 Å². The summed E-state index contributed by atoms with van der Waals surface area (Å²) < 4.78 is 19.7. The highest BCUT2D eigenvalue weighted by Gasteiger charge is 2.08. The molecule has 2 aromatic rings. The van der Waals surface area contributed by atoms with Crippen molar-refractivity contribution in [2.45, 2.75) is 19.8 Å². The number of carbonyl (C=O) groups is 2. The number of hydrogen-bond acceptors (Lipinski definition) is 3. The number of ether oxygens (including phenoxy) is 1. The van der Waals surface area contributed by atoms with E-state index in [2.05, 4.69) is 26.6 Å². The lowest BCUT2D eigenvalue weighted by Crippen LogP contribution is -2.28. The van der Waals surface area contributed by atoms with Crippen LogP contribution in [0.25, 0.3) is 0 Å². The van der Waals surface area contributed by atoms with Gasteiger partial charge >= 0.3 is 0 Å². The molecule has 7 heteroatoms. The summed E-state index contributed by atoms with van der Waals surface area (Å²) in [7, 11) is 0. The molecule has 0 saturated heterocycles. The van der Waals surface area contributed by atoms with Crippen molar-refractivity contribution in [1.82, 2.24) is 5.32 Å². The van der Waals surface area contributed by atoms with E-state index < -0.39 is 0 Å². The third-order valence-corrected chi connectivity index (χ3v) is 4.01. The van der Waals surface area contributed by atoms with E-state index in [0.29, 0.717) is 34.4 Å². The van der Waals surface area contributed by atoms with Crippen LogP contribution in [0.2, 0.25) is 0 Å². The Bertz CT molecular complexity index is 766. The van der Waals surface area contributed by atoms with Gasteiger partial charge in [-0.1, -0.05) is 22.0 Å². The summed E-state index contributed by atoms with van der Waals surface area (Å²) in [4.78, 5) is 23.3. The van der Waals surface area contributed by atoms with Crippen LogP contribution in [-0.2, 0) is 16.0 Å². The SMILES string of the molecule is CCNC(=O)COc1ccc(NC(=O)CCc2ccc(Br)cc2F)cc1. The molecule has 2 N–H and O–H groups in total. The molecule has 0 fully saturated rings. The fourth-order valence-electron chi connectivity index (χ4n) is 2.23. The molecule has 5 nitrogen and oxygen atoms in total. The maximum absolute atomic E-state index is 13.7. The van der Waals surface area contributed by atoms with E-state index in [1.54, 1.807) is 36.4 Å². The normalized spacial score (nSPS) is 10.3. The second-order valence-corrected chi connectivity index (χ2v) is 6.47. The van der Waals surface area contributed by atoms with Crippen LogP contribution in [0.5, 0.6) is 5.75 Å². The van der Waals surface area contributed by atoms with Gasteiger partial charge in [0.25, 0.3) is 5.91 Å². The van der Waals surface area contributed by atoms with E-state index in [1.807, 2.05) is 6.92 Å². The van der Waals surface area contributed by atoms with Crippen LogP contribution in [0.15, 0.2) is 46.9 Å². The Morgan fingerprint density at radius 1 is 1.12 bits per heavy atom. The standard InChI is InChI=1S/C19H20BrFN2O3/c1-2-22-19(25)12-26-16-8-6-15(7-9-16)23-18(24)10-4-13-3-5-14(20)11-17(13)21/h3,5-9,11H,2,4,10,12H2,1H3,(H,22,25)(H,23,24). The second-order valence-electron chi connectivity index (χ2n) is 5.55. The molecule has 0 saturated carbocycles. The lowest BCUT2D eigenvalue weighted by atomic mass is 10.1. The zero-order valence-electron chi connectivity index (χ0n) is 14.4. The molecular formula is C19H20BrFN2O3. The van der Waals surface area contributed by atoms with Gasteiger partial charge in [-0.2, -0.15) is 0 Å². The Hall–Kier alpha value is -2.41. The van der Waals surface area contributed by atoms with Crippen LogP contribution in [0.1, 0.15) is 18.9 Å². The van der Waals surface area contributed by atoms with Gasteiger partial charge in [-0.05, 0) is 55.3 Å². The first kappa shape index (κ1) is 19.9. The van der Waals surface area contributed by atoms with E-state index in [4.69, 9.17) is 4.74 Å². The molecule has 0 atom stereocenters. The molecule has 2 aromatic carbocycles. The number of anilines is 1. The van der Waals surface area contributed by atoms with E-state index in [9.17, 15) is 14.0 Å². The molecule has 0 aliphatic carbocycles. The Kier molecular flexibility index (Phi) is 7.59. The lowest BCUT2D eigenvalue weighted by molar-refractivity contribution is -0.123. The number of halogens is 2. The van der Waals surface area contributed by atoms with Gasteiger partial charge in [-0.25, -0.2) is 4.39 Å². The summed E-state index contributed by atoms with van der Waals surface area (Å²) in [6, 6.07) is 11.5. The lowest BCUT2D eigenvalue weighted by Gasteiger charge is -2.09. The molecule has 0 unspecified atom stereocenters. The van der Waals surface area contributed by atoms with Crippen molar-refractivity contribution < 1.29 is 18.7 Å². The van der Waals surface area contributed by atoms with Gasteiger partial charge in [0.1, 0.15) is 11.6 Å². The highest BCUT2D eigenvalue weighted by molar-refractivity contribution is 9.10. The first-order valence-electron chi connectivity index (χ1n) is 8.21. The minimum atomic E-state index is -0.333. The summed E-state index contributed by atoms with van der Waals surface area (Å²) in [5, 5.41) is 5.39. The number of hydrogen-bond donors (Lipinski definition) is 2. The minimum Gasteiger partial charge on any atom is -0.484 e. The first-order chi connectivity index (χ1) is 12.5. The first-order valence-corrected chi connectivity index (χ1v) is 9.00. The zero-order valence-corrected chi connectivity index (χ0v) is 15.9. The Labute approximate surface area is 160 Å². The third-order valence-electron chi connectivity index (χ3n) is 3.52. The predicted octanol–water partition coefficient (Wildman–Crippen LogP) is 3.67. The van der Waals surface area contributed by atoms with Gasteiger partial charge in [0.15, 0.2) is 6.61 Å². The number of aryl methyl sites for hydroxylation is 1. The molecule has 0 aliphatic heterocycles. The van der Waals surface area contributed by atoms with Gasteiger partial charge in [-0.15, -0.1) is 0 Å². The molecule has 138 valence electrons. The van der Waals surface area contributed by atoms with Crippen LogP contribution >= 0.6 is 15.9 Å². The van der Waals surface area contributed by atoms with Gasteiger partial charge < -0.3 is 15.4 Å². The number of carbonyl (C=O) groups excluding carboxylic acids is 2. The average Bonchev–Trinajstić information content (AvgIpc) is 2.61. The molecule has 2 amide bonds. The molecular weight excluding hydrogens is 403 g/mol. The van der Waals surface area contributed by atoms with Crippen molar-refractivity contribution in [3.63, 3.8) is 0 Å². The van der Waals surface area contributed by atoms with E-state index >= 15 is 0 Å². The summed E-state index contributed by atoms with van der Waals surface area (Å²) in [6.45, 7) is 2.33. The van der Waals surface area contributed by atoms with Crippen LogP contribution < -0.4 is 15.4 Å². The van der Waals surface area contributed by atoms with Crippen LogP contribution in [0.4, 0.5) is 10.1 Å². The third kappa shape index (κ3) is 6.48. The Balaban J connectivity index is 1.80. The number of likely N-dealkylation sites (N-methyl/N-ethyl adjacent to an activating group) is 1. The monoisotopic (exact) mass is 422 g/mol. The van der Waals surface area contributed by atoms with Gasteiger partial charge in [0.2, 0.25) is 5.91 Å². The number of amides is 2.